The molecule has 0 radical (unpaired) electrons. The smallest absolute Gasteiger partial charge is 0.251 e. The molecular formula is C25H32N6O3. The van der Waals surface area contributed by atoms with Gasteiger partial charge in [-0.15, -0.1) is 10.2 Å². The summed E-state index contributed by atoms with van der Waals surface area (Å²) in [5, 5.41) is 15.6. The van der Waals surface area contributed by atoms with Gasteiger partial charge in [0.1, 0.15) is 0 Å². The third-order valence-electron chi connectivity index (χ3n) is 6.19. The monoisotopic (exact) mass is 464 g/mol. The number of hydrogen-bond acceptors (Lipinski definition) is 7. The van der Waals surface area contributed by atoms with Crippen LogP contribution in [0.15, 0.2) is 42.5 Å². The van der Waals surface area contributed by atoms with Crippen LogP contribution in [0, 0.1) is 0 Å². The van der Waals surface area contributed by atoms with Crippen LogP contribution >= 0.6 is 0 Å². The van der Waals surface area contributed by atoms with E-state index in [0.717, 1.165) is 36.4 Å². The first-order valence-corrected chi connectivity index (χ1v) is 11.7. The van der Waals surface area contributed by atoms with Gasteiger partial charge in [0, 0.05) is 29.6 Å². The van der Waals surface area contributed by atoms with Crippen molar-refractivity contribution in [3.05, 3.63) is 53.6 Å². The fourth-order valence-corrected chi connectivity index (χ4v) is 4.33. The van der Waals surface area contributed by atoms with Crippen molar-refractivity contribution >= 4 is 5.91 Å². The van der Waals surface area contributed by atoms with E-state index in [4.69, 9.17) is 9.47 Å². The summed E-state index contributed by atoms with van der Waals surface area (Å²) in [6, 6.07) is 13.4. The molecule has 9 nitrogen and oxygen atoms in total. The van der Waals surface area contributed by atoms with E-state index in [1.807, 2.05) is 38.1 Å². The number of likely N-dealkylation sites (tertiary alicyclic amines) is 1. The van der Waals surface area contributed by atoms with Crippen LogP contribution in [0.4, 0.5) is 0 Å². The number of ether oxygens (including phenoxy) is 2. The molecule has 0 aliphatic carbocycles. The zero-order valence-electron chi connectivity index (χ0n) is 20.2. The highest BCUT2D eigenvalue weighted by Gasteiger charge is 2.31. The molecule has 1 amide bonds. The van der Waals surface area contributed by atoms with Gasteiger partial charge in [0.15, 0.2) is 11.5 Å². The van der Waals surface area contributed by atoms with Gasteiger partial charge < -0.3 is 19.7 Å². The van der Waals surface area contributed by atoms with Crippen molar-refractivity contribution in [1.29, 1.82) is 0 Å². The van der Waals surface area contributed by atoms with Crippen LogP contribution in [0.25, 0.3) is 11.4 Å². The molecule has 34 heavy (non-hydrogen) atoms. The van der Waals surface area contributed by atoms with Crippen molar-refractivity contribution < 1.29 is 14.3 Å². The van der Waals surface area contributed by atoms with Gasteiger partial charge >= 0.3 is 0 Å². The largest absolute Gasteiger partial charge is 0.493 e. The number of piperidine rings is 1. The first-order chi connectivity index (χ1) is 16.5. The number of nitrogens with one attached hydrogen (secondary N) is 1. The molecule has 0 bridgehead atoms. The molecule has 1 N–H and O–H groups in total. The second kappa shape index (κ2) is 10.6. The molecule has 1 aliphatic rings. The third kappa shape index (κ3) is 5.20. The quantitative estimate of drug-likeness (QED) is 0.548. The molecule has 1 saturated heterocycles. The van der Waals surface area contributed by atoms with Crippen LogP contribution in [-0.4, -0.2) is 70.9 Å². The molecule has 1 aliphatic heterocycles. The number of carbonyl (C=O) groups is 1. The van der Waals surface area contributed by atoms with Gasteiger partial charge in [0.2, 0.25) is 5.82 Å². The maximum absolute atomic E-state index is 13.1. The standard InChI is InChI=1S/C25H32N6O3/c1-5-31-28-24(27-29-31)17-7-9-18(10-8-17)25(32)26-21-13-14-30(3)16-20(21)19-11-12-22(34-6-2)23(15-19)33-4/h7-12,15,20-21H,5-6,13-14,16H2,1-4H3,(H,26,32). The minimum Gasteiger partial charge on any atom is -0.493 e. The lowest BCUT2D eigenvalue weighted by Gasteiger charge is -2.37. The van der Waals surface area contributed by atoms with E-state index >= 15 is 0 Å². The first kappa shape index (κ1) is 23.7. The van der Waals surface area contributed by atoms with Crippen molar-refractivity contribution in [3.8, 4) is 22.9 Å². The van der Waals surface area contributed by atoms with Crippen LogP contribution in [0.2, 0.25) is 0 Å². The summed E-state index contributed by atoms with van der Waals surface area (Å²) >= 11 is 0. The summed E-state index contributed by atoms with van der Waals surface area (Å²) in [6.45, 7) is 6.91. The second-order valence-electron chi connectivity index (χ2n) is 8.46. The highest BCUT2D eigenvalue weighted by Crippen LogP contribution is 2.34. The summed E-state index contributed by atoms with van der Waals surface area (Å²) in [5.41, 5.74) is 2.56. The maximum atomic E-state index is 13.1. The second-order valence-corrected chi connectivity index (χ2v) is 8.46. The number of aryl methyl sites for hydroxylation is 1. The Hall–Kier alpha value is -3.46. The van der Waals surface area contributed by atoms with E-state index in [2.05, 4.69) is 38.7 Å². The molecule has 2 aromatic carbocycles. The molecule has 9 heteroatoms. The van der Waals surface area contributed by atoms with Gasteiger partial charge in [-0.1, -0.05) is 18.2 Å². The van der Waals surface area contributed by atoms with E-state index in [-0.39, 0.29) is 17.9 Å². The number of aromatic nitrogens is 4. The zero-order valence-corrected chi connectivity index (χ0v) is 20.2. The van der Waals surface area contributed by atoms with Crippen molar-refractivity contribution in [3.63, 3.8) is 0 Å². The average molecular weight is 465 g/mol. The predicted octanol–water partition coefficient (Wildman–Crippen LogP) is 2.99. The highest BCUT2D eigenvalue weighted by atomic mass is 16.5. The number of amides is 1. The molecule has 180 valence electrons. The summed E-state index contributed by atoms with van der Waals surface area (Å²) < 4.78 is 11.2. The molecule has 1 fully saturated rings. The van der Waals surface area contributed by atoms with E-state index in [0.29, 0.717) is 30.3 Å². The van der Waals surface area contributed by atoms with Crippen LogP contribution in [-0.2, 0) is 6.54 Å². The molecule has 4 rings (SSSR count). The van der Waals surface area contributed by atoms with Crippen molar-refractivity contribution in [2.24, 2.45) is 0 Å². The number of nitrogens with zero attached hydrogens (tertiary/aromatic N) is 5. The summed E-state index contributed by atoms with van der Waals surface area (Å²) in [6.07, 6.45) is 0.866. The Labute approximate surface area is 200 Å². The van der Waals surface area contributed by atoms with Gasteiger partial charge in [0.05, 0.1) is 20.3 Å². The number of benzene rings is 2. The highest BCUT2D eigenvalue weighted by molar-refractivity contribution is 5.94. The Bertz CT molecular complexity index is 1110. The lowest BCUT2D eigenvalue weighted by molar-refractivity contribution is 0.0904. The number of carbonyl (C=O) groups excluding carboxylic acids is 1. The number of hydrogen-bond donors (Lipinski definition) is 1. The predicted molar refractivity (Wildman–Crippen MR) is 129 cm³/mol. The van der Waals surface area contributed by atoms with Crippen molar-refractivity contribution in [2.75, 3.05) is 33.9 Å². The van der Waals surface area contributed by atoms with Gasteiger partial charge in [0.25, 0.3) is 5.91 Å². The van der Waals surface area contributed by atoms with E-state index < -0.39 is 0 Å². The summed E-state index contributed by atoms with van der Waals surface area (Å²) in [7, 11) is 3.76. The minimum absolute atomic E-state index is 0.0112. The van der Waals surface area contributed by atoms with Crippen LogP contribution in [0.1, 0.15) is 42.1 Å². The third-order valence-corrected chi connectivity index (χ3v) is 6.19. The average Bonchev–Trinajstić information content (AvgIpc) is 3.35. The Morgan fingerprint density at radius 3 is 2.62 bits per heavy atom. The Morgan fingerprint density at radius 2 is 1.94 bits per heavy atom. The Kier molecular flexibility index (Phi) is 7.42. The van der Waals surface area contributed by atoms with E-state index in [1.165, 1.54) is 4.80 Å². The molecule has 0 spiro atoms. The normalized spacial score (nSPS) is 18.5. The van der Waals surface area contributed by atoms with Gasteiger partial charge in [-0.05, 0) is 68.9 Å². The maximum Gasteiger partial charge on any atom is 0.251 e. The van der Waals surface area contributed by atoms with Gasteiger partial charge in [-0.3, -0.25) is 4.79 Å². The van der Waals surface area contributed by atoms with Crippen molar-refractivity contribution in [1.82, 2.24) is 30.4 Å². The molecule has 0 saturated carbocycles. The lowest BCUT2D eigenvalue weighted by atomic mass is 9.85. The van der Waals surface area contributed by atoms with Crippen LogP contribution < -0.4 is 14.8 Å². The Balaban J connectivity index is 1.50. The van der Waals surface area contributed by atoms with Gasteiger partial charge in [-0.2, -0.15) is 4.80 Å². The summed E-state index contributed by atoms with van der Waals surface area (Å²) in [5.74, 6) is 2.04. The molecule has 2 unspecified atom stereocenters. The fourth-order valence-electron chi connectivity index (χ4n) is 4.33. The fraction of sp³-hybridized carbons (Fsp3) is 0.440. The molecule has 2 atom stereocenters. The van der Waals surface area contributed by atoms with Crippen LogP contribution in [0.5, 0.6) is 11.5 Å². The zero-order chi connectivity index (χ0) is 24.1. The number of rotatable bonds is 8. The minimum atomic E-state index is -0.0887. The molecular weight excluding hydrogens is 432 g/mol. The van der Waals surface area contributed by atoms with E-state index in [1.54, 1.807) is 19.2 Å². The first-order valence-electron chi connectivity index (χ1n) is 11.7. The molecule has 2 heterocycles. The topological polar surface area (TPSA) is 94.4 Å². The van der Waals surface area contributed by atoms with E-state index in [9.17, 15) is 4.79 Å². The van der Waals surface area contributed by atoms with Gasteiger partial charge in [-0.25, -0.2) is 0 Å². The van der Waals surface area contributed by atoms with Crippen molar-refractivity contribution in [2.45, 2.75) is 38.8 Å². The number of methoxy groups -OCH3 is 1. The number of tetrazole rings is 1. The molecule has 1 aromatic heterocycles. The molecule has 3 aromatic rings. The van der Waals surface area contributed by atoms with Crippen LogP contribution in [0.3, 0.4) is 0 Å². The number of likely N-dealkylation sites (N-methyl/N-ethyl adjacent to an activating group) is 1. The Morgan fingerprint density at radius 1 is 1.15 bits per heavy atom. The lowest BCUT2D eigenvalue weighted by Crippen LogP contribution is -2.48. The summed E-state index contributed by atoms with van der Waals surface area (Å²) in [4.78, 5) is 16.9. The SMILES string of the molecule is CCOc1ccc(C2CN(C)CCC2NC(=O)c2ccc(-c3nnn(CC)n3)cc2)cc1OC.